The van der Waals surface area contributed by atoms with E-state index < -0.39 is 5.41 Å². The van der Waals surface area contributed by atoms with Crippen LogP contribution in [0.4, 0.5) is 0 Å². The Balaban J connectivity index is 1.18. The number of nitrogens with one attached hydrogen (secondary N) is 1. The summed E-state index contributed by atoms with van der Waals surface area (Å²) in [6.07, 6.45) is 2.02. The highest BCUT2D eigenvalue weighted by molar-refractivity contribution is 6.07. The maximum atomic E-state index is 5.28. The molecule has 0 saturated heterocycles. The molecular weight excluding hydrogens is 595 g/mol. The zero-order valence-electron chi connectivity index (χ0n) is 26.7. The Labute approximate surface area is 284 Å². The lowest BCUT2D eigenvalue weighted by Gasteiger charge is -2.34. The number of hydrogen-bond acceptors (Lipinski definition) is 1. The van der Waals surface area contributed by atoms with Gasteiger partial charge in [0.25, 0.3) is 0 Å². The topological polar surface area (TPSA) is 33.6 Å². The fourth-order valence-electron chi connectivity index (χ4n) is 8.20. The summed E-state index contributed by atoms with van der Waals surface area (Å²) in [6.45, 7) is 0. The van der Waals surface area contributed by atoms with Crippen LogP contribution in [0.2, 0.25) is 0 Å². The lowest BCUT2D eigenvalue weighted by Crippen LogP contribution is -2.28. The van der Waals surface area contributed by atoms with Crippen LogP contribution < -0.4 is 0 Å². The molecule has 0 fully saturated rings. The van der Waals surface area contributed by atoms with E-state index in [2.05, 4.69) is 185 Å². The largest absolute Gasteiger partial charge is 0.359 e. The molecule has 0 radical (unpaired) electrons. The van der Waals surface area contributed by atoms with Gasteiger partial charge in [-0.2, -0.15) is 0 Å². The summed E-state index contributed by atoms with van der Waals surface area (Å²) >= 11 is 0. The Morgan fingerprint density at radius 3 is 1.71 bits per heavy atom. The van der Waals surface area contributed by atoms with Crippen LogP contribution in [0, 0.1) is 0 Å². The van der Waals surface area contributed by atoms with Crippen LogP contribution in [-0.2, 0) is 5.41 Å². The van der Waals surface area contributed by atoms with Gasteiger partial charge < -0.3 is 9.55 Å². The van der Waals surface area contributed by atoms with Crippen molar-refractivity contribution in [2.45, 2.75) is 5.41 Å². The summed E-state index contributed by atoms with van der Waals surface area (Å²) in [7, 11) is 0. The van der Waals surface area contributed by atoms with Crippen molar-refractivity contribution in [1.29, 1.82) is 0 Å². The van der Waals surface area contributed by atoms with Gasteiger partial charge in [-0.25, -0.2) is 4.98 Å². The number of fused-ring (bicyclic) bond motifs is 6. The second-order valence-electron chi connectivity index (χ2n) is 12.8. The van der Waals surface area contributed by atoms with E-state index in [1.165, 1.54) is 44.3 Å². The van der Waals surface area contributed by atoms with Gasteiger partial charge in [0.1, 0.15) is 0 Å². The SMILES string of the molecule is c1ccc(-c2cc(-n3c4ccccc4c4[nH]ccc43)cc(-c3ccc(C4(c5ccccc5)c5ccccc5-c5ccccc54)cc3)n2)cc1. The molecule has 1 N–H and O–H groups in total. The maximum absolute atomic E-state index is 5.28. The highest BCUT2D eigenvalue weighted by Gasteiger charge is 2.45. The second-order valence-corrected chi connectivity index (χ2v) is 12.8. The zero-order valence-corrected chi connectivity index (χ0v) is 26.7. The van der Waals surface area contributed by atoms with Crippen molar-refractivity contribution in [3.63, 3.8) is 0 Å². The first-order valence-electron chi connectivity index (χ1n) is 16.8. The van der Waals surface area contributed by atoms with Crippen molar-refractivity contribution in [3.05, 3.63) is 204 Å². The number of aromatic amines is 1. The molecule has 0 bridgehead atoms. The van der Waals surface area contributed by atoms with E-state index in [1.807, 2.05) is 6.20 Å². The summed E-state index contributed by atoms with van der Waals surface area (Å²) in [5.74, 6) is 0. The quantitative estimate of drug-likeness (QED) is 0.203. The minimum absolute atomic E-state index is 0.429. The Hall–Kier alpha value is -6.45. The number of aromatic nitrogens is 3. The van der Waals surface area contributed by atoms with Crippen LogP contribution in [0.5, 0.6) is 0 Å². The van der Waals surface area contributed by atoms with Crippen molar-refractivity contribution in [2.24, 2.45) is 0 Å². The fourth-order valence-corrected chi connectivity index (χ4v) is 8.20. The van der Waals surface area contributed by atoms with Crippen LogP contribution in [0.15, 0.2) is 182 Å². The predicted molar refractivity (Wildman–Crippen MR) is 201 cm³/mol. The molecule has 49 heavy (non-hydrogen) atoms. The van der Waals surface area contributed by atoms with E-state index in [-0.39, 0.29) is 0 Å². The van der Waals surface area contributed by atoms with Crippen LogP contribution in [0.1, 0.15) is 22.3 Å². The van der Waals surface area contributed by atoms with E-state index >= 15 is 0 Å². The summed E-state index contributed by atoms with van der Waals surface area (Å²) in [5, 5.41) is 1.20. The van der Waals surface area contributed by atoms with E-state index in [1.54, 1.807) is 0 Å². The van der Waals surface area contributed by atoms with Gasteiger partial charge in [0.2, 0.25) is 0 Å². The number of hydrogen-bond donors (Lipinski definition) is 1. The van der Waals surface area contributed by atoms with Gasteiger partial charge >= 0.3 is 0 Å². The third-order valence-electron chi connectivity index (χ3n) is 10.3. The van der Waals surface area contributed by atoms with Gasteiger partial charge in [0.05, 0.1) is 39.0 Å². The molecule has 10 rings (SSSR count). The molecule has 230 valence electrons. The standard InChI is InChI=1S/C46H31N3/c1-3-13-31(14-4-1)41-29-35(49-43-22-12-9-19-38(43)45-44(49)27-28-47-45)30-42(48-41)32-23-25-34(26-24-32)46(33-15-5-2-6-16-33)39-20-10-7-17-36(39)37-18-8-11-21-40(37)46/h1-30,47H. The fraction of sp³-hybridized carbons (Fsp3) is 0.0217. The van der Waals surface area contributed by atoms with Crippen molar-refractivity contribution in [3.8, 4) is 39.3 Å². The van der Waals surface area contributed by atoms with Gasteiger partial charge in [0.15, 0.2) is 0 Å². The molecule has 3 heteroatoms. The number of nitrogens with zero attached hydrogens (tertiary/aromatic N) is 2. The first-order valence-corrected chi connectivity index (χ1v) is 16.8. The Morgan fingerprint density at radius 1 is 0.469 bits per heavy atom. The molecule has 0 spiro atoms. The van der Waals surface area contributed by atoms with Crippen LogP contribution in [0.3, 0.4) is 0 Å². The minimum atomic E-state index is -0.429. The van der Waals surface area contributed by atoms with Gasteiger partial charge in [0, 0.05) is 22.7 Å². The molecule has 1 aliphatic rings. The number of H-pyrrole nitrogens is 1. The van der Waals surface area contributed by atoms with Crippen LogP contribution >= 0.6 is 0 Å². The Morgan fingerprint density at radius 2 is 1.02 bits per heavy atom. The number of pyridine rings is 1. The van der Waals surface area contributed by atoms with Gasteiger partial charge in [-0.05, 0) is 57.6 Å². The molecule has 3 heterocycles. The molecule has 6 aromatic carbocycles. The minimum Gasteiger partial charge on any atom is -0.359 e. The molecule has 0 amide bonds. The first kappa shape index (κ1) is 27.6. The Kier molecular flexibility index (Phi) is 6.09. The summed E-state index contributed by atoms with van der Waals surface area (Å²) < 4.78 is 2.35. The van der Waals surface area contributed by atoms with E-state index in [0.29, 0.717) is 0 Å². The van der Waals surface area contributed by atoms with Crippen molar-refractivity contribution in [1.82, 2.24) is 14.5 Å². The number of benzene rings is 6. The second kappa shape index (κ2) is 10.8. The third-order valence-corrected chi connectivity index (χ3v) is 10.3. The molecule has 0 atom stereocenters. The van der Waals surface area contributed by atoms with Gasteiger partial charge in [-0.3, -0.25) is 0 Å². The number of para-hydroxylation sites is 1. The molecule has 0 saturated carbocycles. The molecular formula is C46H31N3. The Bertz CT molecular complexity index is 2600. The van der Waals surface area contributed by atoms with Gasteiger partial charge in [-0.1, -0.05) is 152 Å². The van der Waals surface area contributed by atoms with E-state index in [0.717, 1.165) is 39.2 Å². The molecule has 0 unspecified atom stereocenters. The third kappa shape index (κ3) is 4.06. The predicted octanol–water partition coefficient (Wildman–Crippen LogP) is 11.2. The van der Waals surface area contributed by atoms with Crippen molar-refractivity contribution < 1.29 is 0 Å². The summed E-state index contributed by atoms with van der Waals surface area (Å²) in [4.78, 5) is 8.76. The number of rotatable bonds is 5. The first-order chi connectivity index (χ1) is 24.3. The van der Waals surface area contributed by atoms with E-state index in [9.17, 15) is 0 Å². The van der Waals surface area contributed by atoms with Crippen LogP contribution in [-0.4, -0.2) is 14.5 Å². The summed E-state index contributed by atoms with van der Waals surface area (Å²) in [5.41, 5.74) is 15.9. The van der Waals surface area contributed by atoms with Gasteiger partial charge in [-0.15, -0.1) is 0 Å². The lowest BCUT2D eigenvalue weighted by atomic mass is 9.67. The molecule has 0 aliphatic heterocycles. The molecule has 3 aromatic heterocycles. The monoisotopic (exact) mass is 625 g/mol. The maximum Gasteiger partial charge on any atom is 0.0730 e. The van der Waals surface area contributed by atoms with Crippen LogP contribution in [0.25, 0.3) is 61.3 Å². The molecule has 3 nitrogen and oxygen atoms in total. The normalized spacial score (nSPS) is 13.1. The lowest BCUT2D eigenvalue weighted by molar-refractivity contribution is 0.768. The highest BCUT2D eigenvalue weighted by Crippen LogP contribution is 2.56. The van der Waals surface area contributed by atoms with E-state index in [4.69, 9.17) is 4.98 Å². The average molecular weight is 626 g/mol. The van der Waals surface area contributed by atoms with Crippen molar-refractivity contribution >= 4 is 21.9 Å². The molecule has 9 aromatic rings. The summed E-state index contributed by atoms with van der Waals surface area (Å²) in [6, 6.07) is 63.5. The highest BCUT2D eigenvalue weighted by atomic mass is 15.0. The average Bonchev–Trinajstić information content (AvgIpc) is 3.86. The zero-order chi connectivity index (χ0) is 32.4. The smallest absolute Gasteiger partial charge is 0.0730 e. The van der Waals surface area contributed by atoms with Crippen molar-refractivity contribution in [2.75, 3.05) is 0 Å². The molecule has 1 aliphatic carbocycles.